The zero-order valence-corrected chi connectivity index (χ0v) is 12.6. The highest BCUT2D eigenvalue weighted by atomic mass is 35.5. The number of hydrogen-bond donors (Lipinski definition) is 2. The molecular formula is C14H18Cl2N2O2. The molecule has 1 aliphatic carbocycles. The molecule has 0 aromatic heterocycles. The number of ether oxygens (including phenoxy) is 1. The van der Waals surface area contributed by atoms with Gasteiger partial charge in [0.05, 0.1) is 5.54 Å². The average Bonchev–Trinajstić information content (AvgIpc) is 2.84. The molecule has 4 nitrogen and oxygen atoms in total. The molecule has 1 fully saturated rings. The molecule has 0 spiro atoms. The van der Waals surface area contributed by atoms with Gasteiger partial charge in [-0.2, -0.15) is 0 Å². The predicted molar refractivity (Wildman–Crippen MR) is 80.4 cm³/mol. The molecule has 0 aliphatic heterocycles. The zero-order chi connectivity index (χ0) is 14.6. The Morgan fingerprint density at radius 3 is 2.40 bits per heavy atom. The molecule has 6 heteroatoms. The molecule has 110 valence electrons. The Labute approximate surface area is 128 Å². The smallest absolute Gasteiger partial charge is 0.258 e. The van der Waals surface area contributed by atoms with Gasteiger partial charge in [-0.05, 0) is 31.0 Å². The Balaban J connectivity index is 1.88. The summed E-state index contributed by atoms with van der Waals surface area (Å²) in [6.07, 6.45) is 4.06. The van der Waals surface area contributed by atoms with E-state index in [2.05, 4.69) is 5.32 Å². The number of benzene rings is 1. The molecule has 2 rings (SSSR count). The zero-order valence-electron chi connectivity index (χ0n) is 11.1. The maximum atomic E-state index is 11.9. The van der Waals surface area contributed by atoms with E-state index in [0.717, 1.165) is 25.7 Å². The third kappa shape index (κ3) is 4.01. The summed E-state index contributed by atoms with van der Waals surface area (Å²) in [5, 5.41) is 3.94. The van der Waals surface area contributed by atoms with Crippen LogP contribution in [0.2, 0.25) is 10.0 Å². The number of carbonyl (C=O) groups is 1. The number of nitrogens with two attached hydrogens (primary N) is 1. The molecule has 0 unspecified atom stereocenters. The number of rotatable bonds is 5. The van der Waals surface area contributed by atoms with E-state index in [0.29, 0.717) is 22.3 Å². The molecule has 1 amide bonds. The van der Waals surface area contributed by atoms with Crippen molar-refractivity contribution >= 4 is 29.1 Å². The van der Waals surface area contributed by atoms with Gasteiger partial charge in [0.2, 0.25) is 0 Å². The minimum Gasteiger partial charge on any atom is -0.484 e. The van der Waals surface area contributed by atoms with Gasteiger partial charge in [-0.25, -0.2) is 0 Å². The first-order valence-electron chi connectivity index (χ1n) is 6.63. The molecule has 3 N–H and O–H groups in total. The lowest BCUT2D eigenvalue weighted by Gasteiger charge is -2.28. The summed E-state index contributed by atoms with van der Waals surface area (Å²) < 4.78 is 5.41. The van der Waals surface area contributed by atoms with E-state index in [1.165, 1.54) is 0 Å². The van der Waals surface area contributed by atoms with Gasteiger partial charge in [-0.1, -0.05) is 36.0 Å². The average molecular weight is 317 g/mol. The summed E-state index contributed by atoms with van der Waals surface area (Å²) in [4.78, 5) is 11.9. The van der Waals surface area contributed by atoms with Crippen LogP contribution < -0.4 is 15.8 Å². The normalized spacial score (nSPS) is 16.9. The molecule has 1 saturated carbocycles. The number of halogens is 2. The summed E-state index contributed by atoms with van der Waals surface area (Å²) in [6, 6.07) is 4.85. The van der Waals surface area contributed by atoms with E-state index in [9.17, 15) is 4.79 Å². The molecule has 0 atom stereocenters. The molecule has 0 saturated heterocycles. The second kappa shape index (κ2) is 6.66. The van der Waals surface area contributed by atoms with Crippen molar-refractivity contribution in [2.45, 2.75) is 31.2 Å². The van der Waals surface area contributed by atoms with Crippen LogP contribution in [0, 0.1) is 0 Å². The van der Waals surface area contributed by atoms with Crippen molar-refractivity contribution in [3.05, 3.63) is 28.2 Å². The lowest BCUT2D eigenvalue weighted by atomic mass is 9.98. The lowest BCUT2D eigenvalue weighted by molar-refractivity contribution is -0.124. The van der Waals surface area contributed by atoms with Crippen molar-refractivity contribution in [1.29, 1.82) is 0 Å². The van der Waals surface area contributed by atoms with Crippen molar-refractivity contribution in [2.24, 2.45) is 5.73 Å². The van der Waals surface area contributed by atoms with Gasteiger partial charge in [0.25, 0.3) is 5.91 Å². The quantitative estimate of drug-likeness (QED) is 0.878. The minimum atomic E-state index is -0.258. The Hall–Kier alpha value is -0.970. The van der Waals surface area contributed by atoms with Crippen LogP contribution in [-0.4, -0.2) is 24.6 Å². The second-order valence-electron chi connectivity index (χ2n) is 5.13. The summed E-state index contributed by atoms with van der Waals surface area (Å²) in [6.45, 7) is 0.389. The van der Waals surface area contributed by atoms with Crippen LogP contribution in [0.1, 0.15) is 25.7 Å². The van der Waals surface area contributed by atoms with Crippen LogP contribution in [0.15, 0.2) is 18.2 Å². The fourth-order valence-electron chi connectivity index (χ4n) is 2.52. The molecule has 0 bridgehead atoms. The maximum absolute atomic E-state index is 11.9. The predicted octanol–water partition coefficient (Wildman–Crippen LogP) is 2.76. The molecule has 1 aliphatic rings. The summed E-state index contributed by atoms with van der Waals surface area (Å²) in [7, 11) is 0. The first-order valence-corrected chi connectivity index (χ1v) is 7.39. The van der Waals surface area contributed by atoms with Gasteiger partial charge in [0.15, 0.2) is 6.61 Å². The second-order valence-corrected chi connectivity index (χ2v) is 6.01. The summed E-state index contributed by atoms with van der Waals surface area (Å²) in [5.41, 5.74) is 5.52. The van der Waals surface area contributed by atoms with Crippen molar-refractivity contribution in [3.8, 4) is 5.75 Å². The fraction of sp³-hybridized carbons (Fsp3) is 0.500. The third-order valence-electron chi connectivity index (χ3n) is 3.56. The van der Waals surface area contributed by atoms with Gasteiger partial charge < -0.3 is 15.8 Å². The van der Waals surface area contributed by atoms with E-state index in [-0.39, 0.29) is 18.1 Å². The molecule has 1 aromatic rings. The maximum Gasteiger partial charge on any atom is 0.258 e. The van der Waals surface area contributed by atoms with E-state index in [1.807, 2.05) is 0 Å². The van der Waals surface area contributed by atoms with Crippen LogP contribution in [0.4, 0.5) is 0 Å². The van der Waals surface area contributed by atoms with E-state index >= 15 is 0 Å². The SMILES string of the molecule is NCC1(NC(=O)COc2cc(Cl)cc(Cl)c2)CCCC1. The van der Waals surface area contributed by atoms with Crippen LogP contribution in [0.3, 0.4) is 0 Å². The van der Waals surface area contributed by atoms with Crippen molar-refractivity contribution < 1.29 is 9.53 Å². The Morgan fingerprint density at radius 1 is 1.25 bits per heavy atom. The topological polar surface area (TPSA) is 64.3 Å². The fourth-order valence-corrected chi connectivity index (χ4v) is 3.03. The largest absolute Gasteiger partial charge is 0.484 e. The molecule has 0 heterocycles. The van der Waals surface area contributed by atoms with E-state index < -0.39 is 0 Å². The highest BCUT2D eigenvalue weighted by Crippen LogP contribution is 2.28. The van der Waals surface area contributed by atoms with Crippen LogP contribution >= 0.6 is 23.2 Å². The van der Waals surface area contributed by atoms with E-state index in [4.69, 9.17) is 33.7 Å². The van der Waals surface area contributed by atoms with Gasteiger partial charge in [0.1, 0.15) is 5.75 Å². The summed E-state index contributed by atoms with van der Waals surface area (Å²) >= 11 is 11.7. The molecule has 20 heavy (non-hydrogen) atoms. The van der Waals surface area contributed by atoms with Crippen molar-refractivity contribution in [3.63, 3.8) is 0 Å². The van der Waals surface area contributed by atoms with Crippen LogP contribution in [0.5, 0.6) is 5.75 Å². The molecule has 1 aromatic carbocycles. The van der Waals surface area contributed by atoms with Gasteiger partial charge in [0, 0.05) is 16.6 Å². The highest BCUT2D eigenvalue weighted by molar-refractivity contribution is 6.34. The monoisotopic (exact) mass is 316 g/mol. The Kier molecular flexibility index (Phi) is 5.13. The summed E-state index contributed by atoms with van der Waals surface area (Å²) in [5.74, 6) is 0.305. The molecular weight excluding hydrogens is 299 g/mol. The number of hydrogen-bond acceptors (Lipinski definition) is 3. The van der Waals surface area contributed by atoms with Crippen molar-refractivity contribution in [1.82, 2.24) is 5.32 Å². The number of nitrogens with one attached hydrogen (secondary N) is 1. The first kappa shape index (κ1) is 15.4. The van der Waals surface area contributed by atoms with Crippen LogP contribution in [0.25, 0.3) is 0 Å². The Morgan fingerprint density at radius 2 is 1.85 bits per heavy atom. The highest BCUT2D eigenvalue weighted by Gasteiger charge is 2.33. The van der Waals surface area contributed by atoms with Gasteiger partial charge in [-0.15, -0.1) is 0 Å². The van der Waals surface area contributed by atoms with Crippen molar-refractivity contribution in [2.75, 3.05) is 13.2 Å². The van der Waals surface area contributed by atoms with Gasteiger partial charge >= 0.3 is 0 Å². The first-order chi connectivity index (χ1) is 9.53. The third-order valence-corrected chi connectivity index (χ3v) is 4.00. The van der Waals surface area contributed by atoms with Crippen LogP contribution in [-0.2, 0) is 4.79 Å². The standard InChI is InChI=1S/C14H18Cl2N2O2/c15-10-5-11(16)7-12(6-10)20-8-13(19)18-14(9-17)3-1-2-4-14/h5-7H,1-4,8-9,17H2,(H,18,19). The van der Waals surface area contributed by atoms with E-state index in [1.54, 1.807) is 18.2 Å². The minimum absolute atomic E-state index is 0.0710. The van der Waals surface area contributed by atoms with Gasteiger partial charge in [-0.3, -0.25) is 4.79 Å². The Bertz CT molecular complexity index is 468. The molecule has 0 radical (unpaired) electrons. The lowest BCUT2D eigenvalue weighted by Crippen LogP contribution is -2.52. The number of carbonyl (C=O) groups excluding carboxylic acids is 1. The number of amides is 1.